The molecule has 3 heterocycles. The predicted octanol–water partition coefficient (Wildman–Crippen LogP) is 0.608. The lowest BCUT2D eigenvalue weighted by Gasteiger charge is -2.31. The van der Waals surface area contributed by atoms with E-state index in [4.69, 9.17) is 10.5 Å². The minimum absolute atomic E-state index is 0.0643. The molecule has 4 rings (SSSR count). The molecule has 0 radical (unpaired) electrons. The minimum Gasteiger partial charge on any atom is -0.368 e. The van der Waals surface area contributed by atoms with Crippen LogP contribution in [0.2, 0.25) is 0 Å². The number of nitrogens with two attached hydrogens (primary N) is 1. The van der Waals surface area contributed by atoms with Gasteiger partial charge >= 0.3 is 0 Å². The van der Waals surface area contributed by atoms with Crippen LogP contribution in [0.1, 0.15) is 40.7 Å². The minimum atomic E-state index is -0.572. The molecule has 0 unspecified atom stereocenters. The van der Waals surface area contributed by atoms with Crippen molar-refractivity contribution in [2.75, 3.05) is 19.6 Å². The Morgan fingerprint density at radius 3 is 2.60 bits per heavy atom. The molecule has 2 aromatic rings. The Morgan fingerprint density at radius 2 is 1.90 bits per heavy atom. The molecule has 1 aromatic carbocycles. The fourth-order valence-corrected chi connectivity index (χ4v) is 3.99. The molecule has 0 spiro atoms. The second-order valence-electron chi connectivity index (χ2n) is 7.65. The summed E-state index contributed by atoms with van der Waals surface area (Å²) in [6.45, 7) is 1.71. The van der Waals surface area contributed by atoms with Crippen LogP contribution < -0.4 is 11.1 Å². The van der Waals surface area contributed by atoms with Gasteiger partial charge in [0.1, 0.15) is 6.10 Å². The summed E-state index contributed by atoms with van der Waals surface area (Å²) in [6, 6.07) is 9.99. The first-order chi connectivity index (χ1) is 14.5. The number of nitrogens with one attached hydrogen (secondary N) is 1. The quantitative estimate of drug-likeness (QED) is 0.747. The third-order valence-electron chi connectivity index (χ3n) is 5.69. The van der Waals surface area contributed by atoms with Crippen molar-refractivity contribution in [3.63, 3.8) is 0 Å². The molecule has 2 aliphatic heterocycles. The van der Waals surface area contributed by atoms with Crippen molar-refractivity contribution in [1.29, 1.82) is 0 Å². The molecule has 9 nitrogen and oxygen atoms in total. The van der Waals surface area contributed by atoms with Crippen molar-refractivity contribution < 1.29 is 19.1 Å². The standard InChI is InChI=1S/C21H25N5O4/c22-18(27)10-23-20(28)15-6-8-25(9-7-15)21(29)19-16-12-30-17(11-26(16)13-24-19)14-4-2-1-3-5-14/h1-5,13,15,17H,6-12H2,(H2,22,27)(H,23,28)/t17-/m0/s1. The normalized spacial score (nSPS) is 19.2. The number of imidazole rings is 1. The van der Waals surface area contributed by atoms with Gasteiger partial charge in [-0.05, 0) is 18.4 Å². The second kappa shape index (κ2) is 8.66. The maximum Gasteiger partial charge on any atom is 0.274 e. The first-order valence-electron chi connectivity index (χ1n) is 10.1. The maximum atomic E-state index is 13.0. The van der Waals surface area contributed by atoms with Gasteiger partial charge in [-0.1, -0.05) is 30.3 Å². The lowest BCUT2D eigenvalue weighted by atomic mass is 9.95. The largest absolute Gasteiger partial charge is 0.368 e. The van der Waals surface area contributed by atoms with Crippen LogP contribution in [-0.4, -0.2) is 51.8 Å². The molecule has 0 bridgehead atoms. The number of likely N-dealkylation sites (tertiary alicyclic amines) is 1. The number of primary amides is 1. The summed E-state index contributed by atoms with van der Waals surface area (Å²) in [5, 5.41) is 2.53. The van der Waals surface area contributed by atoms with E-state index in [2.05, 4.69) is 10.3 Å². The maximum absolute atomic E-state index is 13.0. The number of rotatable bonds is 5. The molecule has 1 aromatic heterocycles. The van der Waals surface area contributed by atoms with Crippen LogP contribution in [0.5, 0.6) is 0 Å². The fourth-order valence-electron chi connectivity index (χ4n) is 3.99. The molecule has 3 amide bonds. The summed E-state index contributed by atoms with van der Waals surface area (Å²) in [6.07, 6.45) is 2.72. The molecule has 1 saturated heterocycles. The van der Waals surface area contributed by atoms with E-state index in [-0.39, 0.29) is 30.4 Å². The van der Waals surface area contributed by atoms with E-state index in [0.717, 1.165) is 11.3 Å². The number of carbonyl (C=O) groups is 3. The molecule has 0 saturated carbocycles. The third-order valence-corrected chi connectivity index (χ3v) is 5.69. The van der Waals surface area contributed by atoms with Crippen molar-refractivity contribution in [2.45, 2.75) is 32.1 Å². The zero-order valence-corrected chi connectivity index (χ0v) is 16.6. The molecule has 1 fully saturated rings. The van der Waals surface area contributed by atoms with Crippen LogP contribution in [0.3, 0.4) is 0 Å². The van der Waals surface area contributed by atoms with E-state index in [1.165, 1.54) is 0 Å². The smallest absolute Gasteiger partial charge is 0.274 e. The van der Waals surface area contributed by atoms with Crippen molar-refractivity contribution in [2.24, 2.45) is 11.7 Å². The lowest BCUT2D eigenvalue weighted by molar-refractivity contribution is -0.128. The van der Waals surface area contributed by atoms with Crippen molar-refractivity contribution >= 4 is 17.7 Å². The summed E-state index contributed by atoms with van der Waals surface area (Å²) >= 11 is 0. The fraction of sp³-hybridized carbons (Fsp3) is 0.429. The molecular weight excluding hydrogens is 386 g/mol. The first kappa shape index (κ1) is 20.1. The highest BCUT2D eigenvalue weighted by atomic mass is 16.5. The molecule has 2 aliphatic rings. The number of amides is 3. The van der Waals surface area contributed by atoms with Crippen LogP contribution in [0.15, 0.2) is 36.7 Å². The first-order valence-corrected chi connectivity index (χ1v) is 10.1. The summed E-state index contributed by atoms with van der Waals surface area (Å²) in [4.78, 5) is 42.0. The number of aromatic nitrogens is 2. The zero-order valence-electron chi connectivity index (χ0n) is 16.6. The van der Waals surface area contributed by atoms with Gasteiger partial charge in [0.2, 0.25) is 11.8 Å². The monoisotopic (exact) mass is 411 g/mol. The highest BCUT2D eigenvalue weighted by Crippen LogP contribution is 2.28. The van der Waals surface area contributed by atoms with Gasteiger partial charge in [-0.25, -0.2) is 4.98 Å². The lowest BCUT2D eigenvalue weighted by Crippen LogP contribution is -2.44. The number of ether oxygens (including phenoxy) is 1. The highest BCUT2D eigenvalue weighted by molar-refractivity contribution is 5.93. The molecule has 158 valence electrons. The van der Waals surface area contributed by atoms with E-state index in [9.17, 15) is 14.4 Å². The summed E-state index contributed by atoms with van der Waals surface area (Å²) in [5.74, 6) is -1.13. The number of nitrogens with zero attached hydrogens (tertiary/aromatic N) is 3. The molecule has 30 heavy (non-hydrogen) atoms. The van der Waals surface area contributed by atoms with Gasteiger partial charge in [0.15, 0.2) is 5.69 Å². The number of piperidine rings is 1. The number of hydrogen-bond donors (Lipinski definition) is 2. The van der Waals surface area contributed by atoms with Gasteiger partial charge in [-0.3, -0.25) is 14.4 Å². The number of fused-ring (bicyclic) bond motifs is 1. The van der Waals surface area contributed by atoms with Crippen molar-refractivity contribution in [3.05, 3.63) is 53.6 Å². The molecule has 3 N–H and O–H groups in total. The van der Waals surface area contributed by atoms with Gasteiger partial charge in [0.25, 0.3) is 5.91 Å². The van der Waals surface area contributed by atoms with E-state index < -0.39 is 5.91 Å². The number of hydrogen-bond acceptors (Lipinski definition) is 5. The van der Waals surface area contributed by atoms with Crippen LogP contribution in [0.4, 0.5) is 0 Å². The second-order valence-corrected chi connectivity index (χ2v) is 7.65. The molecule has 9 heteroatoms. The number of carbonyl (C=O) groups excluding carboxylic acids is 3. The Bertz CT molecular complexity index is 934. The SMILES string of the molecule is NC(=O)CNC(=O)C1CCN(C(=O)c2ncn3c2CO[C@H](c2ccccc2)C3)CC1. The summed E-state index contributed by atoms with van der Waals surface area (Å²) in [7, 11) is 0. The third kappa shape index (κ3) is 4.20. The van der Waals surface area contributed by atoms with Gasteiger partial charge in [-0.2, -0.15) is 0 Å². The predicted molar refractivity (Wildman–Crippen MR) is 107 cm³/mol. The van der Waals surface area contributed by atoms with Crippen LogP contribution in [-0.2, 0) is 27.5 Å². The van der Waals surface area contributed by atoms with Crippen LogP contribution in [0.25, 0.3) is 0 Å². The van der Waals surface area contributed by atoms with E-state index in [1.54, 1.807) is 11.2 Å². The number of benzene rings is 1. The Labute approximate surface area is 174 Å². The van der Waals surface area contributed by atoms with Gasteiger partial charge in [0.05, 0.1) is 31.7 Å². The summed E-state index contributed by atoms with van der Waals surface area (Å²) < 4.78 is 7.98. The Hall–Kier alpha value is -3.20. The topological polar surface area (TPSA) is 120 Å². The van der Waals surface area contributed by atoms with Gasteiger partial charge < -0.3 is 25.3 Å². The zero-order chi connectivity index (χ0) is 21.1. The molecular formula is C21H25N5O4. The van der Waals surface area contributed by atoms with E-state index >= 15 is 0 Å². The highest BCUT2D eigenvalue weighted by Gasteiger charge is 2.32. The molecule has 0 aliphatic carbocycles. The Kier molecular flexibility index (Phi) is 5.80. The molecule has 1 atom stereocenters. The van der Waals surface area contributed by atoms with Gasteiger partial charge in [-0.15, -0.1) is 0 Å². The van der Waals surface area contributed by atoms with Crippen molar-refractivity contribution in [3.8, 4) is 0 Å². The Morgan fingerprint density at radius 1 is 1.17 bits per heavy atom. The van der Waals surface area contributed by atoms with E-state index in [1.807, 2.05) is 34.9 Å². The Balaban J connectivity index is 1.36. The van der Waals surface area contributed by atoms with Crippen molar-refractivity contribution in [1.82, 2.24) is 19.8 Å². The average Bonchev–Trinajstić information content (AvgIpc) is 3.21. The van der Waals surface area contributed by atoms with Crippen LogP contribution >= 0.6 is 0 Å². The average molecular weight is 411 g/mol. The summed E-state index contributed by atoms with van der Waals surface area (Å²) in [5.41, 5.74) is 7.36. The van der Waals surface area contributed by atoms with Gasteiger partial charge in [0, 0.05) is 19.0 Å². The van der Waals surface area contributed by atoms with Crippen LogP contribution in [0, 0.1) is 5.92 Å². The van der Waals surface area contributed by atoms with E-state index in [0.29, 0.717) is 44.8 Å².